The minimum Gasteiger partial charge on any atom is -0.494 e. The molecule has 7 nitrogen and oxygen atoms in total. The largest absolute Gasteiger partial charge is 0.494 e. The number of aromatic nitrogens is 2. The fraction of sp³-hybridized carbons (Fsp3) is 0.167. The van der Waals surface area contributed by atoms with Crippen molar-refractivity contribution < 1.29 is 13.9 Å². The lowest BCUT2D eigenvalue weighted by Crippen LogP contribution is -2.27. The quantitative estimate of drug-likeness (QED) is 0.746. The highest BCUT2D eigenvalue weighted by atomic mass is 16.5. The molecule has 3 aromatic rings. The third kappa shape index (κ3) is 4.14. The highest BCUT2D eigenvalue weighted by Crippen LogP contribution is 2.16. The number of carbonyl (C=O) groups is 1. The Morgan fingerprint density at radius 3 is 2.72 bits per heavy atom. The van der Waals surface area contributed by atoms with E-state index in [0.717, 1.165) is 5.75 Å². The van der Waals surface area contributed by atoms with Crippen molar-refractivity contribution in [1.82, 2.24) is 9.55 Å². The Hall–Kier alpha value is -3.35. The molecule has 0 aliphatic heterocycles. The van der Waals surface area contributed by atoms with Crippen molar-refractivity contribution in [2.75, 3.05) is 11.9 Å². The number of nitrogens with zero attached hydrogens (tertiary/aromatic N) is 2. The summed E-state index contributed by atoms with van der Waals surface area (Å²) in [6.07, 6.45) is 2.84. The van der Waals surface area contributed by atoms with E-state index in [1.807, 2.05) is 6.92 Å². The van der Waals surface area contributed by atoms with E-state index >= 15 is 0 Å². The first-order chi connectivity index (χ1) is 12.2. The maximum atomic E-state index is 12.1. The molecular weight excluding hydrogens is 322 g/mol. The van der Waals surface area contributed by atoms with Gasteiger partial charge in [-0.2, -0.15) is 0 Å². The molecule has 7 heteroatoms. The Balaban J connectivity index is 1.65. The van der Waals surface area contributed by atoms with Gasteiger partial charge in [0.05, 0.1) is 19.2 Å². The van der Waals surface area contributed by atoms with Gasteiger partial charge in [-0.15, -0.1) is 0 Å². The molecule has 0 unspecified atom stereocenters. The smallest absolute Gasteiger partial charge is 0.254 e. The van der Waals surface area contributed by atoms with E-state index in [1.54, 1.807) is 36.4 Å². The van der Waals surface area contributed by atoms with Crippen molar-refractivity contribution >= 4 is 11.6 Å². The summed E-state index contributed by atoms with van der Waals surface area (Å²) in [7, 11) is 0. The molecule has 2 heterocycles. The van der Waals surface area contributed by atoms with E-state index < -0.39 is 0 Å². The van der Waals surface area contributed by atoms with Gasteiger partial charge in [-0.05, 0) is 43.3 Å². The molecule has 2 aromatic heterocycles. The third-order valence-corrected chi connectivity index (χ3v) is 3.42. The second-order valence-electron chi connectivity index (χ2n) is 5.22. The van der Waals surface area contributed by atoms with Crippen molar-refractivity contribution in [2.24, 2.45) is 0 Å². The number of amides is 1. The second kappa shape index (κ2) is 7.48. The van der Waals surface area contributed by atoms with Crippen LogP contribution in [-0.4, -0.2) is 22.1 Å². The van der Waals surface area contributed by atoms with Gasteiger partial charge in [0, 0.05) is 11.8 Å². The molecule has 1 N–H and O–H groups in total. The lowest BCUT2D eigenvalue weighted by molar-refractivity contribution is -0.116. The highest BCUT2D eigenvalue weighted by Gasteiger charge is 2.09. The van der Waals surface area contributed by atoms with Crippen LogP contribution in [0.15, 0.2) is 64.3 Å². The fourth-order valence-corrected chi connectivity index (χ4v) is 2.26. The van der Waals surface area contributed by atoms with Gasteiger partial charge in [0.15, 0.2) is 5.76 Å². The van der Waals surface area contributed by atoms with E-state index in [2.05, 4.69) is 10.3 Å². The molecule has 0 saturated carbocycles. The van der Waals surface area contributed by atoms with Gasteiger partial charge in [-0.25, -0.2) is 4.98 Å². The molecule has 0 aliphatic rings. The van der Waals surface area contributed by atoms with E-state index in [1.165, 1.54) is 23.2 Å². The number of furan rings is 1. The molecule has 0 saturated heterocycles. The van der Waals surface area contributed by atoms with Crippen LogP contribution in [0.1, 0.15) is 6.92 Å². The average Bonchev–Trinajstić information content (AvgIpc) is 3.13. The lowest BCUT2D eigenvalue weighted by Gasteiger charge is -2.08. The zero-order chi connectivity index (χ0) is 17.6. The van der Waals surface area contributed by atoms with Crippen molar-refractivity contribution in [3.05, 3.63) is 65.4 Å². The van der Waals surface area contributed by atoms with Crippen molar-refractivity contribution in [2.45, 2.75) is 13.5 Å². The van der Waals surface area contributed by atoms with Gasteiger partial charge in [0.2, 0.25) is 5.91 Å². The van der Waals surface area contributed by atoms with Crippen LogP contribution in [0.3, 0.4) is 0 Å². The monoisotopic (exact) mass is 339 g/mol. The SMILES string of the molecule is CCOc1ccc(NC(=O)Cn2cnc(-c3ccco3)cc2=O)cc1. The number of anilines is 1. The van der Waals surface area contributed by atoms with Crippen LogP contribution >= 0.6 is 0 Å². The van der Waals surface area contributed by atoms with Gasteiger partial charge in [0.25, 0.3) is 5.56 Å². The molecule has 1 amide bonds. The summed E-state index contributed by atoms with van der Waals surface area (Å²) in [6, 6.07) is 11.8. The molecule has 0 bridgehead atoms. The molecule has 0 aliphatic carbocycles. The zero-order valence-corrected chi connectivity index (χ0v) is 13.6. The zero-order valence-electron chi connectivity index (χ0n) is 13.6. The maximum Gasteiger partial charge on any atom is 0.254 e. The van der Waals surface area contributed by atoms with Gasteiger partial charge in [0.1, 0.15) is 18.0 Å². The average molecular weight is 339 g/mol. The molecule has 0 radical (unpaired) electrons. The van der Waals surface area contributed by atoms with E-state index in [4.69, 9.17) is 9.15 Å². The van der Waals surface area contributed by atoms with E-state index in [-0.39, 0.29) is 18.0 Å². The number of ether oxygens (including phenoxy) is 1. The van der Waals surface area contributed by atoms with Crippen molar-refractivity contribution in [3.8, 4) is 17.2 Å². The molecule has 0 fully saturated rings. The number of nitrogens with one attached hydrogen (secondary N) is 1. The van der Waals surface area contributed by atoms with Crippen LogP contribution in [0.25, 0.3) is 11.5 Å². The van der Waals surface area contributed by atoms with Gasteiger partial charge in [-0.1, -0.05) is 0 Å². The van der Waals surface area contributed by atoms with E-state index in [0.29, 0.717) is 23.7 Å². The topological polar surface area (TPSA) is 86.4 Å². The third-order valence-electron chi connectivity index (χ3n) is 3.42. The van der Waals surface area contributed by atoms with Gasteiger partial charge < -0.3 is 14.5 Å². The Morgan fingerprint density at radius 1 is 1.28 bits per heavy atom. The van der Waals surface area contributed by atoms with Crippen molar-refractivity contribution in [3.63, 3.8) is 0 Å². The number of carbonyl (C=O) groups excluding carboxylic acids is 1. The molecule has 25 heavy (non-hydrogen) atoms. The van der Waals surface area contributed by atoms with Gasteiger partial charge >= 0.3 is 0 Å². The van der Waals surface area contributed by atoms with E-state index in [9.17, 15) is 9.59 Å². The second-order valence-corrected chi connectivity index (χ2v) is 5.22. The lowest BCUT2D eigenvalue weighted by atomic mass is 10.3. The van der Waals surface area contributed by atoms with Gasteiger partial charge in [-0.3, -0.25) is 14.2 Å². The fourth-order valence-electron chi connectivity index (χ4n) is 2.26. The minimum absolute atomic E-state index is 0.128. The molecule has 3 rings (SSSR count). The highest BCUT2D eigenvalue weighted by molar-refractivity contribution is 5.90. The summed E-state index contributed by atoms with van der Waals surface area (Å²) in [5.41, 5.74) is 0.725. The number of hydrogen-bond donors (Lipinski definition) is 1. The Morgan fingerprint density at radius 2 is 2.08 bits per heavy atom. The van der Waals surface area contributed by atoms with Crippen LogP contribution in [0.2, 0.25) is 0 Å². The summed E-state index contributed by atoms with van der Waals surface area (Å²) in [5.74, 6) is 0.913. The predicted octanol–water partition coefficient (Wildman–Crippen LogP) is 2.54. The molecule has 0 spiro atoms. The van der Waals surface area contributed by atoms with Crippen LogP contribution in [0.4, 0.5) is 5.69 Å². The summed E-state index contributed by atoms with van der Waals surface area (Å²) in [5, 5.41) is 2.73. The summed E-state index contributed by atoms with van der Waals surface area (Å²) >= 11 is 0. The van der Waals surface area contributed by atoms with Crippen LogP contribution < -0.4 is 15.6 Å². The van der Waals surface area contributed by atoms with Crippen LogP contribution in [0, 0.1) is 0 Å². The summed E-state index contributed by atoms with van der Waals surface area (Å²) in [6.45, 7) is 2.35. The number of benzene rings is 1. The predicted molar refractivity (Wildman–Crippen MR) is 92.4 cm³/mol. The standard InChI is InChI=1S/C18H17N3O4/c1-2-24-14-7-5-13(6-8-14)20-17(22)11-21-12-19-15(10-18(21)23)16-4-3-9-25-16/h3-10,12H,2,11H2,1H3,(H,20,22). The molecular formula is C18H17N3O4. The normalized spacial score (nSPS) is 10.4. The maximum absolute atomic E-state index is 12.1. The Bertz CT molecular complexity index is 899. The minimum atomic E-state index is -0.330. The number of rotatable bonds is 6. The molecule has 128 valence electrons. The summed E-state index contributed by atoms with van der Waals surface area (Å²) < 4.78 is 11.8. The van der Waals surface area contributed by atoms with Crippen LogP contribution in [0.5, 0.6) is 5.75 Å². The Kier molecular flexibility index (Phi) is 4.94. The summed E-state index contributed by atoms with van der Waals surface area (Å²) in [4.78, 5) is 28.4. The molecule has 0 atom stereocenters. The molecule has 1 aromatic carbocycles. The number of hydrogen-bond acceptors (Lipinski definition) is 5. The Labute approximate surface area is 143 Å². The van der Waals surface area contributed by atoms with Crippen LogP contribution in [-0.2, 0) is 11.3 Å². The first kappa shape index (κ1) is 16.5. The first-order valence-corrected chi connectivity index (χ1v) is 7.79. The first-order valence-electron chi connectivity index (χ1n) is 7.79. The van der Waals surface area contributed by atoms with Crippen molar-refractivity contribution in [1.29, 1.82) is 0 Å².